The van der Waals surface area contributed by atoms with E-state index in [0.717, 1.165) is 11.8 Å². The van der Waals surface area contributed by atoms with Crippen molar-refractivity contribution < 1.29 is 9.59 Å². The summed E-state index contributed by atoms with van der Waals surface area (Å²) in [7, 11) is 1.70. The Morgan fingerprint density at radius 3 is 2.48 bits per heavy atom. The highest BCUT2D eigenvalue weighted by molar-refractivity contribution is 5.79. The lowest BCUT2D eigenvalue weighted by molar-refractivity contribution is -0.128. The third-order valence-corrected chi connectivity index (χ3v) is 3.33. The Kier molecular flexibility index (Phi) is 6.88. The van der Waals surface area contributed by atoms with E-state index in [-0.39, 0.29) is 18.2 Å². The predicted octanol–water partition coefficient (Wildman–Crippen LogP) is 3.46. The van der Waals surface area contributed by atoms with Crippen molar-refractivity contribution >= 4 is 12.2 Å². The van der Waals surface area contributed by atoms with Gasteiger partial charge in [0.15, 0.2) is 0 Å². The Morgan fingerprint density at radius 1 is 1.29 bits per heavy atom. The molecule has 0 bridgehead atoms. The normalized spacial score (nSPS) is 12.3. The van der Waals surface area contributed by atoms with E-state index in [2.05, 4.69) is 13.2 Å². The SMILES string of the molecule is C=C/C=C(\C=C)N(C)C(=O)C[C@@H](CC=O)c1ccccc1. The van der Waals surface area contributed by atoms with Crippen molar-refractivity contribution in [2.75, 3.05) is 7.05 Å². The highest BCUT2D eigenvalue weighted by Gasteiger charge is 2.19. The summed E-state index contributed by atoms with van der Waals surface area (Å²) >= 11 is 0. The first-order valence-electron chi connectivity index (χ1n) is 6.84. The van der Waals surface area contributed by atoms with Gasteiger partial charge in [0.05, 0.1) is 0 Å². The number of amides is 1. The molecule has 1 aromatic carbocycles. The van der Waals surface area contributed by atoms with E-state index in [1.165, 1.54) is 4.90 Å². The van der Waals surface area contributed by atoms with E-state index in [9.17, 15) is 9.59 Å². The molecule has 0 aliphatic heterocycles. The lowest BCUT2D eigenvalue weighted by Gasteiger charge is -2.21. The molecule has 0 aromatic heterocycles. The quantitative estimate of drug-likeness (QED) is 0.541. The van der Waals surface area contributed by atoms with E-state index in [4.69, 9.17) is 0 Å². The number of hydrogen-bond acceptors (Lipinski definition) is 2. The topological polar surface area (TPSA) is 37.4 Å². The van der Waals surface area contributed by atoms with Crippen LogP contribution in [0.3, 0.4) is 0 Å². The van der Waals surface area contributed by atoms with Crippen LogP contribution in [0.15, 0.2) is 67.4 Å². The van der Waals surface area contributed by atoms with Gasteiger partial charge in [-0.2, -0.15) is 0 Å². The van der Waals surface area contributed by atoms with Crippen LogP contribution >= 0.6 is 0 Å². The lowest BCUT2D eigenvalue weighted by atomic mass is 9.92. The predicted molar refractivity (Wildman–Crippen MR) is 85.7 cm³/mol. The second kappa shape index (κ2) is 8.69. The molecule has 3 heteroatoms. The van der Waals surface area contributed by atoms with Gasteiger partial charge in [-0.1, -0.05) is 49.6 Å². The van der Waals surface area contributed by atoms with Gasteiger partial charge in [-0.25, -0.2) is 0 Å². The number of rotatable bonds is 8. The number of hydrogen-bond donors (Lipinski definition) is 0. The molecule has 1 amide bonds. The van der Waals surface area contributed by atoms with Crippen LogP contribution in [0.1, 0.15) is 24.3 Å². The molecule has 0 saturated heterocycles. The van der Waals surface area contributed by atoms with Crippen LogP contribution in [0, 0.1) is 0 Å². The minimum atomic E-state index is -0.103. The number of likely N-dealkylation sites (N-methyl/N-ethyl adjacent to an activating group) is 1. The summed E-state index contributed by atoms with van der Waals surface area (Å²) in [6.07, 6.45) is 6.42. The first kappa shape index (κ1) is 16.6. The molecule has 21 heavy (non-hydrogen) atoms. The monoisotopic (exact) mass is 283 g/mol. The van der Waals surface area contributed by atoms with Crippen molar-refractivity contribution in [1.29, 1.82) is 0 Å². The summed E-state index contributed by atoms with van der Waals surface area (Å²) in [6.45, 7) is 7.31. The summed E-state index contributed by atoms with van der Waals surface area (Å²) in [4.78, 5) is 24.8. The van der Waals surface area contributed by atoms with Gasteiger partial charge < -0.3 is 9.69 Å². The minimum Gasteiger partial charge on any atom is -0.316 e. The van der Waals surface area contributed by atoms with Crippen LogP contribution in [0.25, 0.3) is 0 Å². The first-order valence-corrected chi connectivity index (χ1v) is 6.84. The minimum absolute atomic E-state index is 0.0568. The molecule has 0 aliphatic carbocycles. The number of carbonyl (C=O) groups is 2. The number of benzene rings is 1. The maximum Gasteiger partial charge on any atom is 0.227 e. The zero-order chi connectivity index (χ0) is 15.7. The molecular weight excluding hydrogens is 262 g/mol. The number of aldehydes is 1. The average molecular weight is 283 g/mol. The summed E-state index contributed by atoms with van der Waals surface area (Å²) in [6, 6.07) is 9.62. The summed E-state index contributed by atoms with van der Waals surface area (Å²) in [5.41, 5.74) is 1.69. The van der Waals surface area contributed by atoms with Crippen molar-refractivity contribution in [3.8, 4) is 0 Å². The standard InChI is InChI=1S/C18H21NO2/c1-4-9-17(5-2)19(3)18(21)14-16(12-13-20)15-10-7-6-8-11-15/h4-11,13,16H,1-2,12,14H2,3H3/b17-9+/t16-/m1/s1. The molecule has 0 N–H and O–H groups in total. The van der Waals surface area contributed by atoms with Crippen LogP contribution in [-0.4, -0.2) is 24.1 Å². The molecule has 0 saturated carbocycles. The van der Waals surface area contributed by atoms with Crippen LogP contribution in [0.4, 0.5) is 0 Å². The van der Waals surface area contributed by atoms with Gasteiger partial charge in [0, 0.05) is 25.6 Å². The highest BCUT2D eigenvalue weighted by atomic mass is 16.2. The summed E-state index contributed by atoms with van der Waals surface area (Å²) < 4.78 is 0. The molecule has 1 rings (SSSR count). The van der Waals surface area contributed by atoms with Crippen LogP contribution in [0.5, 0.6) is 0 Å². The largest absolute Gasteiger partial charge is 0.316 e. The Balaban J connectivity index is 2.86. The van der Waals surface area contributed by atoms with E-state index in [0.29, 0.717) is 12.1 Å². The Labute approximate surface area is 126 Å². The van der Waals surface area contributed by atoms with E-state index < -0.39 is 0 Å². The first-order chi connectivity index (χ1) is 10.1. The van der Waals surface area contributed by atoms with E-state index >= 15 is 0 Å². The molecule has 0 spiro atoms. The summed E-state index contributed by atoms with van der Waals surface area (Å²) in [5.74, 6) is -0.160. The van der Waals surface area contributed by atoms with Gasteiger partial charge in [-0.15, -0.1) is 0 Å². The van der Waals surface area contributed by atoms with Gasteiger partial charge in [0.1, 0.15) is 6.29 Å². The van der Waals surface area contributed by atoms with Gasteiger partial charge in [0.2, 0.25) is 5.91 Å². The molecule has 0 unspecified atom stereocenters. The molecule has 3 nitrogen and oxygen atoms in total. The fraction of sp³-hybridized carbons (Fsp3) is 0.222. The van der Waals surface area contributed by atoms with Crippen molar-refractivity contribution in [3.05, 3.63) is 73.0 Å². The Morgan fingerprint density at radius 2 is 1.95 bits per heavy atom. The zero-order valence-corrected chi connectivity index (χ0v) is 12.4. The molecule has 0 aliphatic rings. The van der Waals surface area contributed by atoms with Gasteiger partial charge in [-0.05, 0) is 23.6 Å². The van der Waals surface area contributed by atoms with Crippen LogP contribution in [-0.2, 0) is 9.59 Å². The fourth-order valence-corrected chi connectivity index (χ4v) is 2.11. The van der Waals surface area contributed by atoms with Crippen molar-refractivity contribution in [1.82, 2.24) is 4.90 Å². The molecule has 0 fully saturated rings. The Hall–Kier alpha value is -2.42. The third-order valence-electron chi connectivity index (χ3n) is 3.33. The second-order valence-corrected chi connectivity index (χ2v) is 4.70. The van der Waals surface area contributed by atoms with Crippen molar-refractivity contribution in [2.45, 2.75) is 18.8 Å². The molecular formula is C18H21NO2. The number of allylic oxidation sites excluding steroid dienone is 3. The van der Waals surface area contributed by atoms with Gasteiger partial charge in [-0.3, -0.25) is 4.79 Å². The smallest absolute Gasteiger partial charge is 0.227 e. The van der Waals surface area contributed by atoms with Crippen LogP contribution in [0.2, 0.25) is 0 Å². The number of carbonyl (C=O) groups excluding carboxylic acids is 2. The molecule has 1 aromatic rings. The highest BCUT2D eigenvalue weighted by Crippen LogP contribution is 2.24. The van der Waals surface area contributed by atoms with Gasteiger partial charge >= 0.3 is 0 Å². The third kappa shape index (κ3) is 4.88. The second-order valence-electron chi connectivity index (χ2n) is 4.70. The van der Waals surface area contributed by atoms with Crippen molar-refractivity contribution in [3.63, 3.8) is 0 Å². The maximum absolute atomic E-state index is 12.4. The molecule has 1 atom stereocenters. The van der Waals surface area contributed by atoms with Crippen molar-refractivity contribution in [2.24, 2.45) is 0 Å². The zero-order valence-electron chi connectivity index (χ0n) is 12.4. The molecule has 0 heterocycles. The fourth-order valence-electron chi connectivity index (χ4n) is 2.11. The summed E-state index contributed by atoms with van der Waals surface area (Å²) in [5, 5.41) is 0. The van der Waals surface area contributed by atoms with E-state index in [1.54, 1.807) is 25.3 Å². The Bertz CT molecular complexity index is 531. The molecule has 0 radical (unpaired) electrons. The lowest BCUT2D eigenvalue weighted by Crippen LogP contribution is -2.27. The van der Waals surface area contributed by atoms with Crippen LogP contribution < -0.4 is 0 Å². The van der Waals surface area contributed by atoms with E-state index in [1.807, 2.05) is 30.3 Å². The maximum atomic E-state index is 12.4. The average Bonchev–Trinajstić information content (AvgIpc) is 2.52. The number of nitrogens with zero attached hydrogens (tertiary/aromatic N) is 1. The van der Waals surface area contributed by atoms with Gasteiger partial charge in [0.25, 0.3) is 0 Å². The molecule has 110 valence electrons.